The van der Waals surface area contributed by atoms with Gasteiger partial charge in [0, 0.05) is 19.1 Å². The van der Waals surface area contributed by atoms with Crippen LogP contribution in [0.5, 0.6) is 0 Å². The van der Waals surface area contributed by atoms with Gasteiger partial charge in [-0.3, -0.25) is 4.79 Å². The highest BCUT2D eigenvalue weighted by Crippen LogP contribution is 2.30. The van der Waals surface area contributed by atoms with E-state index in [1.165, 1.54) is 12.8 Å². The lowest BCUT2D eigenvalue weighted by molar-refractivity contribution is 0.206. The fraction of sp³-hybridized carbons (Fsp3) is 0.733. The number of nitrogens with one attached hydrogen (secondary N) is 1. The maximum absolute atomic E-state index is 12.5. The topological polar surface area (TPSA) is 50.2 Å². The van der Waals surface area contributed by atoms with E-state index < -0.39 is 0 Å². The first-order valence-corrected chi connectivity index (χ1v) is 8.13. The van der Waals surface area contributed by atoms with E-state index in [0.717, 1.165) is 19.5 Å². The standard InChI is InChI=1S/C15H23ClN4O/c1-10-8-19(2)6-5-13(10)18-14-12(16)7-17-20(15(14)21)9-11-3-4-11/h7,10-11,13,18H,3-6,8-9H2,1-2H3. The van der Waals surface area contributed by atoms with Crippen molar-refractivity contribution in [3.8, 4) is 0 Å². The van der Waals surface area contributed by atoms with Crippen LogP contribution >= 0.6 is 11.6 Å². The van der Waals surface area contributed by atoms with Crippen molar-refractivity contribution >= 4 is 17.3 Å². The van der Waals surface area contributed by atoms with Crippen LogP contribution in [0, 0.1) is 11.8 Å². The molecule has 1 saturated carbocycles. The normalized spacial score (nSPS) is 26.8. The minimum Gasteiger partial charge on any atom is -0.376 e. The van der Waals surface area contributed by atoms with E-state index in [9.17, 15) is 4.79 Å². The van der Waals surface area contributed by atoms with Gasteiger partial charge in [0.1, 0.15) is 5.69 Å². The lowest BCUT2D eigenvalue weighted by Crippen LogP contribution is -2.44. The van der Waals surface area contributed by atoms with Gasteiger partial charge < -0.3 is 10.2 Å². The molecule has 1 aliphatic carbocycles. The Morgan fingerprint density at radius 1 is 1.43 bits per heavy atom. The average Bonchev–Trinajstić information content (AvgIpc) is 3.24. The minimum absolute atomic E-state index is 0.0828. The Bertz CT molecular complexity index is 569. The minimum atomic E-state index is -0.0828. The Labute approximate surface area is 130 Å². The molecule has 3 rings (SSSR count). The summed E-state index contributed by atoms with van der Waals surface area (Å²) in [5.41, 5.74) is 0.439. The highest BCUT2D eigenvalue weighted by molar-refractivity contribution is 6.33. The van der Waals surface area contributed by atoms with Crippen molar-refractivity contribution in [3.63, 3.8) is 0 Å². The first kappa shape index (κ1) is 14.9. The zero-order valence-corrected chi connectivity index (χ0v) is 13.4. The molecule has 0 spiro atoms. The fourth-order valence-electron chi connectivity index (χ4n) is 3.03. The Hall–Kier alpha value is -1.07. The Morgan fingerprint density at radius 2 is 2.19 bits per heavy atom. The second kappa shape index (κ2) is 5.97. The van der Waals surface area contributed by atoms with Crippen LogP contribution in [-0.4, -0.2) is 40.9 Å². The summed E-state index contributed by atoms with van der Waals surface area (Å²) in [5, 5.41) is 7.99. The largest absolute Gasteiger partial charge is 0.376 e. The van der Waals surface area contributed by atoms with E-state index in [1.807, 2.05) is 0 Å². The van der Waals surface area contributed by atoms with Crippen molar-refractivity contribution in [2.45, 2.75) is 38.8 Å². The molecule has 0 amide bonds. The first-order chi connectivity index (χ1) is 10.0. The Balaban J connectivity index is 1.79. The molecule has 5 nitrogen and oxygen atoms in total. The van der Waals surface area contributed by atoms with E-state index in [4.69, 9.17) is 11.6 Å². The summed E-state index contributed by atoms with van der Waals surface area (Å²) in [6.45, 7) is 5.01. The van der Waals surface area contributed by atoms with Gasteiger partial charge in [-0.15, -0.1) is 0 Å². The molecule has 21 heavy (non-hydrogen) atoms. The number of nitrogens with zero attached hydrogens (tertiary/aromatic N) is 3. The molecule has 2 heterocycles. The first-order valence-electron chi connectivity index (χ1n) is 7.75. The molecule has 0 radical (unpaired) electrons. The third-order valence-corrected chi connectivity index (χ3v) is 4.85. The van der Waals surface area contributed by atoms with Gasteiger partial charge in [-0.25, -0.2) is 4.68 Å². The lowest BCUT2D eigenvalue weighted by Gasteiger charge is -2.35. The fourth-order valence-corrected chi connectivity index (χ4v) is 3.21. The zero-order chi connectivity index (χ0) is 15.0. The van der Waals surface area contributed by atoms with Gasteiger partial charge in [-0.05, 0) is 44.7 Å². The molecule has 1 aliphatic heterocycles. The maximum Gasteiger partial charge on any atom is 0.291 e. The highest BCUT2D eigenvalue weighted by atomic mass is 35.5. The highest BCUT2D eigenvalue weighted by Gasteiger charge is 2.27. The molecule has 1 saturated heterocycles. The van der Waals surface area contributed by atoms with Crippen molar-refractivity contribution < 1.29 is 0 Å². The summed E-state index contributed by atoms with van der Waals surface area (Å²) in [4.78, 5) is 14.9. The van der Waals surface area contributed by atoms with E-state index in [-0.39, 0.29) is 5.56 Å². The second-order valence-corrected chi connectivity index (χ2v) is 6.98. The molecule has 2 aliphatic rings. The van der Waals surface area contributed by atoms with Crippen LogP contribution < -0.4 is 10.9 Å². The number of aromatic nitrogens is 2. The number of rotatable bonds is 4. The number of piperidine rings is 1. The molecular weight excluding hydrogens is 288 g/mol. The van der Waals surface area contributed by atoms with Crippen LogP contribution in [0.15, 0.2) is 11.0 Å². The number of anilines is 1. The molecular formula is C15H23ClN4O. The van der Waals surface area contributed by atoms with Crippen LogP contribution in [0.2, 0.25) is 5.02 Å². The van der Waals surface area contributed by atoms with Crippen molar-refractivity contribution in [1.82, 2.24) is 14.7 Å². The molecule has 2 unspecified atom stereocenters. The average molecular weight is 311 g/mol. The van der Waals surface area contributed by atoms with E-state index >= 15 is 0 Å². The van der Waals surface area contributed by atoms with Gasteiger partial charge in [0.05, 0.1) is 11.2 Å². The lowest BCUT2D eigenvalue weighted by atomic mass is 9.94. The molecule has 0 bridgehead atoms. The number of hydrogen-bond donors (Lipinski definition) is 1. The molecule has 0 aromatic carbocycles. The van der Waals surface area contributed by atoms with Gasteiger partial charge in [-0.1, -0.05) is 18.5 Å². The van der Waals surface area contributed by atoms with Crippen LogP contribution in [0.4, 0.5) is 5.69 Å². The van der Waals surface area contributed by atoms with Crippen LogP contribution in [-0.2, 0) is 6.54 Å². The van der Waals surface area contributed by atoms with E-state index in [1.54, 1.807) is 10.9 Å². The van der Waals surface area contributed by atoms with Crippen LogP contribution in [0.25, 0.3) is 0 Å². The van der Waals surface area contributed by atoms with Crippen molar-refractivity contribution in [3.05, 3.63) is 21.6 Å². The van der Waals surface area contributed by atoms with Crippen LogP contribution in [0.3, 0.4) is 0 Å². The summed E-state index contributed by atoms with van der Waals surface area (Å²) in [6, 6.07) is 0.295. The predicted molar refractivity (Wildman–Crippen MR) is 84.9 cm³/mol. The number of likely N-dealkylation sites (tertiary alicyclic amines) is 1. The van der Waals surface area contributed by atoms with Gasteiger partial charge in [-0.2, -0.15) is 5.10 Å². The summed E-state index contributed by atoms with van der Waals surface area (Å²) < 4.78 is 1.56. The van der Waals surface area contributed by atoms with Gasteiger partial charge in [0.2, 0.25) is 0 Å². The summed E-state index contributed by atoms with van der Waals surface area (Å²) in [7, 11) is 2.13. The Kier molecular flexibility index (Phi) is 4.22. The third-order valence-electron chi connectivity index (χ3n) is 4.56. The molecule has 6 heteroatoms. The van der Waals surface area contributed by atoms with E-state index in [0.29, 0.717) is 35.1 Å². The summed E-state index contributed by atoms with van der Waals surface area (Å²) in [6.07, 6.45) is 5.02. The quantitative estimate of drug-likeness (QED) is 0.925. The second-order valence-electron chi connectivity index (χ2n) is 6.58. The van der Waals surface area contributed by atoms with Crippen molar-refractivity contribution in [2.75, 3.05) is 25.5 Å². The van der Waals surface area contributed by atoms with Crippen molar-refractivity contribution in [1.29, 1.82) is 0 Å². The Morgan fingerprint density at radius 3 is 2.86 bits per heavy atom. The zero-order valence-electron chi connectivity index (χ0n) is 12.7. The molecule has 1 aromatic heterocycles. The summed E-state index contributed by atoms with van der Waals surface area (Å²) in [5.74, 6) is 1.11. The predicted octanol–water partition coefficient (Wildman–Crippen LogP) is 2.06. The smallest absolute Gasteiger partial charge is 0.291 e. The number of halogens is 1. The van der Waals surface area contributed by atoms with Crippen molar-refractivity contribution in [2.24, 2.45) is 11.8 Å². The van der Waals surface area contributed by atoms with Gasteiger partial charge >= 0.3 is 0 Å². The summed E-state index contributed by atoms with van der Waals surface area (Å²) >= 11 is 6.20. The molecule has 116 valence electrons. The molecule has 2 atom stereocenters. The number of hydrogen-bond acceptors (Lipinski definition) is 4. The van der Waals surface area contributed by atoms with Gasteiger partial charge in [0.15, 0.2) is 0 Å². The SMILES string of the molecule is CC1CN(C)CCC1Nc1c(Cl)cnn(CC2CC2)c1=O. The third kappa shape index (κ3) is 3.40. The molecule has 2 fully saturated rings. The molecule has 1 aromatic rings. The van der Waals surface area contributed by atoms with Gasteiger partial charge in [0.25, 0.3) is 5.56 Å². The maximum atomic E-state index is 12.5. The van der Waals surface area contributed by atoms with Crippen LogP contribution in [0.1, 0.15) is 26.2 Å². The monoisotopic (exact) mass is 310 g/mol. The molecule has 1 N–H and O–H groups in total. The van der Waals surface area contributed by atoms with E-state index in [2.05, 4.69) is 29.3 Å².